The van der Waals surface area contributed by atoms with E-state index in [1.54, 1.807) is 17.8 Å². The lowest BCUT2D eigenvalue weighted by molar-refractivity contribution is -0.431. The number of nitrogens with one attached hydrogen (secondary N) is 6. The highest BCUT2D eigenvalue weighted by Crippen LogP contribution is 2.46. The van der Waals surface area contributed by atoms with Gasteiger partial charge >= 0.3 is 0 Å². The van der Waals surface area contributed by atoms with Gasteiger partial charge < -0.3 is 25.8 Å². The molecule has 1 amide bonds. The van der Waals surface area contributed by atoms with E-state index in [1.165, 1.54) is 12.8 Å². The number of thioether (sulfide) groups is 2. The molecule has 11 atom stereocenters. The van der Waals surface area contributed by atoms with Gasteiger partial charge in [-0.3, -0.25) is 36.2 Å². The fourth-order valence-corrected chi connectivity index (χ4v) is 10.5. The minimum Gasteiger partial charge on any atom is -0.378 e. The number of rotatable bonds is 7. The van der Waals surface area contributed by atoms with Crippen molar-refractivity contribution >= 4 is 35.2 Å². The smallest absolute Gasteiger partial charge is 0.226 e. The third-order valence-electron chi connectivity index (χ3n) is 9.74. The number of fused-ring (bicyclic) bond motifs is 2. The molecule has 1 aliphatic carbocycles. The van der Waals surface area contributed by atoms with E-state index in [1.807, 2.05) is 11.8 Å². The predicted molar refractivity (Wildman–Crippen MR) is 159 cm³/mol. The van der Waals surface area contributed by atoms with Crippen molar-refractivity contribution in [3.63, 3.8) is 0 Å². The Kier molecular flexibility index (Phi) is 9.02. The van der Waals surface area contributed by atoms with E-state index in [9.17, 15) is 9.59 Å². The summed E-state index contributed by atoms with van der Waals surface area (Å²) in [6.07, 6.45) is 5.24. The van der Waals surface area contributed by atoms with Gasteiger partial charge in [-0.1, -0.05) is 6.42 Å². The molecular weight excluding hydrogens is 580 g/mol. The number of hydrazine groups is 1. The molecule has 0 aromatic heterocycles. The van der Waals surface area contributed by atoms with Crippen LogP contribution in [-0.2, 0) is 19.1 Å². The number of quaternary nitrogens is 1. The maximum atomic E-state index is 13.0. The zero-order valence-corrected chi connectivity index (χ0v) is 25.5. The number of hydrogen-bond acceptors (Lipinski definition) is 14. The van der Waals surface area contributed by atoms with Crippen molar-refractivity contribution < 1.29 is 24.8 Å². The lowest BCUT2D eigenvalue weighted by Gasteiger charge is -2.47. The molecule has 1 saturated carbocycles. The van der Waals surface area contributed by atoms with Crippen LogP contribution in [0.5, 0.6) is 0 Å². The summed E-state index contributed by atoms with van der Waals surface area (Å²) in [5.74, 6) is -0.542. The van der Waals surface area contributed by atoms with E-state index in [2.05, 4.69) is 47.7 Å². The van der Waals surface area contributed by atoms with Crippen molar-refractivity contribution in [2.24, 2.45) is 17.6 Å². The van der Waals surface area contributed by atoms with E-state index in [0.717, 1.165) is 37.5 Å². The number of nitrogens with zero attached hydrogens (tertiary/aromatic N) is 2. The zero-order chi connectivity index (χ0) is 28.8. The SMILES string of the molecule is NC(=O)C1C(NC2NCC(C3COC4C(=O)C=C(N5CCOCC5)SC43)S2)NC(N[C@H]2CCCC[C@H]2[NH3+])N2NCNC12. The van der Waals surface area contributed by atoms with Gasteiger partial charge in [0.2, 0.25) is 5.91 Å². The van der Waals surface area contributed by atoms with Gasteiger partial charge in [0.25, 0.3) is 0 Å². The van der Waals surface area contributed by atoms with Gasteiger partial charge in [0.15, 0.2) is 5.78 Å². The molecule has 7 aliphatic rings. The number of carbonyl (C=O) groups is 2. The molecule has 14 nitrogen and oxygen atoms in total. The molecular formula is C26H45N10O4S2+. The van der Waals surface area contributed by atoms with Crippen LogP contribution < -0.4 is 43.5 Å². The van der Waals surface area contributed by atoms with Crippen LogP contribution in [-0.4, -0.2) is 121 Å². The largest absolute Gasteiger partial charge is 0.378 e. The Morgan fingerprint density at radius 3 is 2.81 bits per heavy atom. The van der Waals surface area contributed by atoms with Crippen LogP contribution in [0.1, 0.15) is 25.7 Å². The molecule has 11 N–H and O–H groups in total. The second kappa shape index (κ2) is 12.8. The molecule has 0 aromatic rings. The Morgan fingerprint density at radius 2 is 2.00 bits per heavy atom. The Labute approximate surface area is 254 Å². The van der Waals surface area contributed by atoms with Crippen LogP contribution in [0.3, 0.4) is 0 Å². The molecule has 234 valence electrons. The van der Waals surface area contributed by atoms with Crippen molar-refractivity contribution in [2.75, 3.05) is 46.1 Å². The summed E-state index contributed by atoms with van der Waals surface area (Å²) >= 11 is 3.61. The molecule has 16 heteroatoms. The highest BCUT2D eigenvalue weighted by molar-refractivity contribution is 8.04. The quantitative estimate of drug-likeness (QED) is 0.140. The minimum atomic E-state index is -0.492. The first-order valence-electron chi connectivity index (χ1n) is 15.4. The average Bonchev–Trinajstić information content (AvgIpc) is 3.75. The third-order valence-corrected chi connectivity index (χ3v) is 12.7. The third kappa shape index (κ3) is 5.86. The van der Waals surface area contributed by atoms with Gasteiger partial charge in [0.05, 0.1) is 67.1 Å². The van der Waals surface area contributed by atoms with Crippen LogP contribution in [0.25, 0.3) is 0 Å². The highest BCUT2D eigenvalue weighted by Gasteiger charge is 2.52. The summed E-state index contributed by atoms with van der Waals surface area (Å²) in [5.41, 5.74) is 13.7. The van der Waals surface area contributed by atoms with Crippen molar-refractivity contribution in [2.45, 2.75) is 78.5 Å². The van der Waals surface area contributed by atoms with E-state index in [4.69, 9.17) is 15.2 Å². The molecule has 6 heterocycles. The van der Waals surface area contributed by atoms with Gasteiger partial charge in [-0.25, -0.2) is 5.43 Å². The number of hydrogen-bond donors (Lipinski definition) is 8. The maximum absolute atomic E-state index is 13.0. The fraction of sp³-hybridized carbons (Fsp3) is 0.846. The first-order valence-corrected chi connectivity index (χ1v) is 17.2. The highest BCUT2D eigenvalue weighted by atomic mass is 32.2. The summed E-state index contributed by atoms with van der Waals surface area (Å²) in [7, 11) is 0. The number of amides is 1. The number of morpholine rings is 1. The van der Waals surface area contributed by atoms with Crippen molar-refractivity contribution in [1.29, 1.82) is 0 Å². The van der Waals surface area contributed by atoms with E-state index in [0.29, 0.717) is 38.6 Å². The van der Waals surface area contributed by atoms with Gasteiger partial charge in [-0.05, 0) is 12.8 Å². The van der Waals surface area contributed by atoms with Crippen LogP contribution in [0, 0.1) is 11.8 Å². The predicted octanol–water partition coefficient (Wildman–Crippen LogP) is -3.41. The molecule has 6 fully saturated rings. The molecule has 0 spiro atoms. The molecule has 0 bridgehead atoms. The number of ketones is 1. The van der Waals surface area contributed by atoms with Gasteiger partial charge in [0, 0.05) is 43.3 Å². The number of nitrogens with two attached hydrogens (primary N) is 1. The average molecular weight is 626 g/mol. The molecule has 5 saturated heterocycles. The Bertz CT molecular complexity index is 1050. The molecule has 6 aliphatic heterocycles. The minimum absolute atomic E-state index is 0.0762. The Balaban J connectivity index is 1.01. The maximum Gasteiger partial charge on any atom is 0.226 e. The summed E-state index contributed by atoms with van der Waals surface area (Å²) < 4.78 is 11.6. The summed E-state index contributed by atoms with van der Waals surface area (Å²) in [6.45, 7) is 4.93. The van der Waals surface area contributed by atoms with Gasteiger partial charge in [0.1, 0.15) is 17.9 Å². The van der Waals surface area contributed by atoms with E-state index in [-0.39, 0.29) is 58.3 Å². The number of ether oxygens (including phenoxy) is 2. The normalized spacial score (nSPS) is 44.6. The zero-order valence-electron chi connectivity index (χ0n) is 23.8. The van der Waals surface area contributed by atoms with E-state index < -0.39 is 5.92 Å². The lowest BCUT2D eigenvalue weighted by Crippen LogP contribution is -2.79. The van der Waals surface area contributed by atoms with Gasteiger partial charge in [-0.2, -0.15) is 5.01 Å². The second-order valence-corrected chi connectivity index (χ2v) is 14.8. The summed E-state index contributed by atoms with van der Waals surface area (Å²) in [6, 6.07) is 0.652. The fourth-order valence-electron chi connectivity index (χ4n) is 7.43. The topological polar surface area (TPSA) is 185 Å². The first-order chi connectivity index (χ1) is 20.5. The summed E-state index contributed by atoms with van der Waals surface area (Å²) in [4.78, 5) is 28.1. The summed E-state index contributed by atoms with van der Waals surface area (Å²) in [5, 5.41) is 21.6. The lowest BCUT2D eigenvalue weighted by atomic mass is 9.91. The van der Waals surface area contributed by atoms with Gasteiger partial charge in [-0.15, -0.1) is 23.5 Å². The first kappa shape index (κ1) is 29.7. The molecule has 0 aromatic carbocycles. The molecule has 0 radical (unpaired) electrons. The monoisotopic (exact) mass is 625 g/mol. The number of carbonyl (C=O) groups excluding carboxylic acids is 2. The number of primary amides is 1. The van der Waals surface area contributed by atoms with Crippen LogP contribution >= 0.6 is 23.5 Å². The molecule has 9 unspecified atom stereocenters. The Hall–Kier alpha value is -1.02. The molecule has 42 heavy (non-hydrogen) atoms. The van der Waals surface area contributed by atoms with Crippen molar-refractivity contribution in [3.05, 3.63) is 11.1 Å². The standard InChI is InChI=1S/C26H44N10O4S2/c27-14-3-1-2-4-15(14)32-25-33-23(19(22(28)38)24-30-12-31-36(24)25)34-26-29-10-17(41-26)13-11-40-20-16(37)9-18(42-21(13)20)35-5-7-39-8-6-35/h9,13-15,17,19-21,23-26,29-34H,1-8,10-12,27H2,(H2,28,38)/p+1/t13?,14-,15+,17?,19?,20?,21?,23?,24?,25?,26?/m1/s1. The van der Waals surface area contributed by atoms with Crippen molar-refractivity contribution in [3.8, 4) is 0 Å². The second-order valence-electron chi connectivity index (χ2n) is 12.3. The van der Waals surface area contributed by atoms with Crippen LogP contribution in [0.4, 0.5) is 0 Å². The Morgan fingerprint density at radius 1 is 1.17 bits per heavy atom. The van der Waals surface area contributed by atoms with Crippen molar-refractivity contribution in [1.82, 2.24) is 41.9 Å². The van der Waals surface area contributed by atoms with Crippen LogP contribution in [0.15, 0.2) is 11.1 Å². The molecule has 7 rings (SSSR count). The van der Waals surface area contributed by atoms with E-state index >= 15 is 0 Å². The van der Waals surface area contributed by atoms with Crippen LogP contribution in [0.2, 0.25) is 0 Å².